The van der Waals surface area contributed by atoms with Crippen molar-refractivity contribution in [2.45, 2.75) is 51.2 Å². The number of halogens is 1. The zero-order valence-corrected chi connectivity index (χ0v) is 23.8. The Morgan fingerprint density at radius 2 is 1.57 bits per heavy atom. The number of anilines is 1. The molecular formula is C28H32BrN3O4S. The summed E-state index contributed by atoms with van der Waals surface area (Å²) >= 11 is 3.39. The highest BCUT2D eigenvalue weighted by molar-refractivity contribution is 9.10. The first-order valence-corrected chi connectivity index (χ1v) is 14.2. The molecule has 0 heterocycles. The van der Waals surface area contributed by atoms with Gasteiger partial charge < -0.3 is 10.2 Å². The zero-order valence-electron chi connectivity index (χ0n) is 21.4. The van der Waals surface area contributed by atoms with Crippen molar-refractivity contribution in [3.05, 3.63) is 94.5 Å². The van der Waals surface area contributed by atoms with Crippen molar-refractivity contribution in [1.29, 1.82) is 0 Å². The summed E-state index contributed by atoms with van der Waals surface area (Å²) in [6, 6.07) is 21.5. The lowest BCUT2D eigenvalue weighted by Crippen LogP contribution is -2.52. The molecule has 0 saturated heterocycles. The molecule has 0 saturated carbocycles. The summed E-state index contributed by atoms with van der Waals surface area (Å²) in [5.41, 5.74) is 2.24. The van der Waals surface area contributed by atoms with Crippen LogP contribution in [0.25, 0.3) is 0 Å². The van der Waals surface area contributed by atoms with Crippen molar-refractivity contribution >= 4 is 43.5 Å². The molecule has 0 spiro atoms. The molecule has 196 valence electrons. The Morgan fingerprint density at radius 3 is 2.16 bits per heavy atom. The van der Waals surface area contributed by atoms with E-state index in [2.05, 4.69) is 21.2 Å². The topological polar surface area (TPSA) is 86.8 Å². The predicted octanol–water partition coefficient (Wildman–Crippen LogP) is 4.89. The molecule has 3 aromatic rings. The fourth-order valence-corrected chi connectivity index (χ4v) is 5.57. The van der Waals surface area contributed by atoms with E-state index in [1.807, 2.05) is 45.0 Å². The Kier molecular flexibility index (Phi) is 9.50. The lowest BCUT2D eigenvalue weighted by Gasteiger charge is -2.32. The molecule has 0 fully saturated rings. The second-order valence-corrected chi connectivity index (χ2v) is 11.9. The molecule has 0 bridgehead atoms. The maximum Gasteiger partial charge on any atom is 0.264 e. The lowest BCUT2D eigenvalue weighted by molar-refractivity contribution is -0.139. The lowest BCUT2D eigenvalue weighted by atomic mass is 10.1. The molecule has 0 aliphatic carbocycles. The maximum absolute atomic E-state index is 13.8. The molecule has 7 nitrogen and oxygen atoms in total. The highest BCUT2D eigenvalue weighted by Gasteiger charge is 2.32. The number of aryl methyl sites for hydroxylation is 1. The second-order valence-electron chi connectivity index (χ2n) is 9.15. The van der Waals surface area contributed by atoms with E-state index in [4.69, 9.17) is 0 Å². The number of benzene rings is 3. The van der Waals surface area contributed by atoms with Crippen LogP contribution in [0.3, 0.4) is 0 Å². The van der Waals surface area contributed by atoms with Crippen LogP contribution in [0.4, 0.5) is 5.69 Å². The number of rotatable bonds is 10. The quantitative estimate of drug-likeness (QED) is 0.367. The third-order valence-electron chi connectivity index (χ3n) is 5.78. The smallest absolute Gasteiger partial charge is 0.264 e. The van der Waals surface area contributed by atoms with E-state index in [0.717, 1.165) is 15.4 Å². The Hall–Kier alpha value is -3.17. The summed E-state index contributed by atoms with van der Waals surface area (Å²) in [5, 5.41) is 2.85. The maximum atomic E-state index is 13.8. The number of sulfonamides is 1. The standard InChI is InChI=1S/C28H32BrN3O4S/c1-20(2)30-28(34)22(4)31(18-23-15-13-21(3)14-16-23)27(33)19-32(25-10-8-9-24(29)17-25)37(35,36)26-11-6-5-7-12-26/h5-17,20,22H,18-19H2,1-4H3,(H,30,34)/t22-/m1/s1. The summed E-state index contributed by atoms with van der Waals surface area (Å²) in [6.45, 7) is 6.99. The van der Waals surface area contributed by atoms with Crippen LogP contribution in [0, 0.1) is 6.92 Å². The van der Waals surface area contributed by atoms with E-state index in [9.17, 15) is 18.0 Å². The molecule has 0 unspecified atom stereocenters. The monoisotopic (exact) mass is 585 g/mol. The van der Waals surface area contributed by atoms with Crippen LogP contribution in [0.5, 0.6) is 0 Å². The fourth-order valence-electron chi connectivity index (χ4n) is 3.76. The normalized spacial score (nSPS) is 12.2. The minimum absolute atomic E-state index is 0.0680. The first-order chi connectivity index (χ1) is 17.5. The average Bonchev–Trinajstić information content (AvgIpc) is 2.86. The van der Waals surface area contributed by atoms with E-state index in [-0.39, 0.29) is 23.4 Å². The van der Waals surface area contributed by atoms with E-state index >= 15 is 0 Å². The molecule has 37 heavy (non-hydrogen) atoms. The average molecular weight is 587 g/mol. The highest BCUT2D eigenvalue weighted by Crippen LogP contribution is 2.27. The largest absolute Gasteiger partial charge is 0.352 e. The van der Waals surface area contributed by atoms with Crippen LogP contribution in [0.2, 0.25) is 0 Å². The number of carbonyl (C=O) groups is 2. The van der Waals surface area contributed by atoms with E-state index in [0.29, 0.717) is 10.2 Å². The summed E-state index contributed by atoms with van der Waals surface area (Å²) < 4.78 is 29.2. The summed E-state index contributed by atoms with van der Waals surface area (Å²) in [6.07, 6.45) is 0. The molecule has 0 radical (unpaired) electrons. The molecule has 0 aromatic heterocycles. The van der Waals surface area contributed by atoms with Gasteiger partial charge in [-0.15, -0.1) is 0 Å². The number of amides is 2. The Balaban J connectivity index is 2.01. The molecule has 3 aromatic carbocycles. The molecule has 9 heteroatoms. The fraction of sp³-hybridized carbons (Fsp3) is 0.286. The molecule has 0 aliphatic rings. The zero-order chi connectivity index (χ0) is 27.2. The highest BCUT2D eigenvalue weighted by atomic mass is 79.9. The minimum atomic E-state index is -4.08. The van der Waals surface area contributed by atoms with Crippen LogP contribution in [-0.4, -0.2) is 43.8 Å². The third kappa shape index (κ3) is 7.42. The molecular weight excluding hydrogens is 554 g/mol. The van der Waals surface area contributed by atoms with Crippen LogP contribution in [-0.2, 0) is 26.2 Å². The van der Waals surface area contributed by atoms with Gasteiger partial charge in [0.2, 0.25) is 11.8 Å². The molecule has 3 rings (SSSR count). The van der Waals surface area contributed by atoms with Gasteiger partial charge in [-0.3, -0.25) is 13.9 Å². The Morgan fingerprint density at radius 1 is 0.919 bits per heavy atom. The third-order valence-corrected chi connectivity index (χ3v) is 8.06. The van der Waals surface area contributed by atoms with E-state index < -0.39 is 28.5 Å². The van der Waals surface area contributed by atoms with Gasteiger partial charge in [0.15, 0.2) is 0 Å². The van der Waals surface area contributed by atoms with E-state index in [1.54, 1.807) is 49.4 Å². The summed E-state index contributed by atoms with van der Waals surface area (Å²) in [5.74, 6) is -0.804. The van der Waals surface area contributed by atoms with Gasteiger partial charge in [0.25, 0.3) is 10.0 Å². The SMILES string of the molecule is Cc1ccc(CN(C(=O)CN(c2cccc(Br)c2)S(=O)(=O)c2ccccc2)[C@H](C)C(=O)NC(C)C)cc1. The summed E-state index contributed by atoms with van der Waals surface area (Å²) in [7, 11) is -4.08. The van der Waals surface area contributed by atoms with Crippen LogP contribution in [0.15, 0.2) is 88.2 Å². The Bertz CT molecular complexity index is 1330. The van der Waals surface area contributed by atoms with Crippen molar-refractivity contribution in [3.8, 4) is 0 Å². The van der Waals surface area contributed by atoms with Gasteiger partial charge in [-0.1, -0.05) is 70.0 Å². The van der Waals surface area contributed by atoms with Gasteiger partial charge in [0, 0.05) is 17.1 Å². The van der Waals surface area contributed by atoms with Crippen LogP contribution in [0.1, 0.15) is 31.9 Å². The van der Waals surface area contributed by atoms with Gasteiger partial charge in [0.05, 0.1) is 10.6 Å². The first kappa shape index (κ1) is 28.4. The molecule has 1 N–H and O–H groups in total. The van der Waals surface area contributed by atoms with Crippen LogP contribution >= 0.6 is 15.9 Å². The molecule has 2 amide bonds. The summed E-state index contributed by atoms with van der Waals surface area (Å²) in [4.78, 5) is 28.2. The van der Waals surface area contributed by atoms with Crippen molar-refractivity contribution in [3.63, 3.8) is 0 Å². The van der Waals surface area contributed by atoms with E-state index in [1.165, 1.54) is 17.0 Å². The number of nitrogens with zero attached hydrogens (tertiary/aromatic N) is 2. The number of carbonyl (C=O) groups excluding carboxylic acids is 2. The Labute approximate surface area is 227 Å². The second kappa shape index (κ2) is 12.4. The number of hydrogen-bond acceptors (Lipinski definition) is 4. The first-order valence-electron chi connectivity index (χ1n) is 12.0. The van der Waals surface area contributed by atoms with Gasteiger partial charge in [-0.2, -0.15) is 0 Å². The number of nitrogens with one attached hydrogen (secondary N) is 1. The number of hydrogen-bond donors (Lipinski definition) is 1. The van der Waals surface area contributed by atoms with Crippen molar-refractivity contribution in [2.75, 3.05) is 10.8 Å². The van der Waals surface area contributed by atoms with Gasteiger partial charge >= 0.3 is 0 Å². The van der Waals surface area contributed by atoms with Gasteiger partial charge in [-0.05, 0) is 63.6 Å². The molecule has 0 aliphatic heterocycles. The van der Waals surface area contributed by atoms with Gasteiger partial charge in [-0.25, -0.2) is 8.42 Å². The van der Waals surface area contributed by atoms with Crippen LogP contribution < -0.4 is 9.62 Å². The van der Waals surface area contributed by atoms with Gasteiger partial charge in [0.1, 0.15) is 12.6 Å². The predicted molar refractivity (Wildman–Crippen MR) is 150 cm³/mol. The van der Waals surface area contributed by atoms with Crippen molar-refractivity contribution in [2.24, 2.45) is 0 Å². The van der Waals surface area contributed by atoms with Crippen molar-refractivity contribution in [1.82, 2.24) is 10.2 Å². The molecule has 1 atom stereocenters. The minimum Gasteiger partial charge on any atom is -0.352 e. The van der Waals surface area contributed by atoms with Crippen molar-refractivity contribution < 1.29 is 18.0 Å².